The van der Waals surface area contributed by atoms with E-state index in [0.717, 1.165) is 0 Å². The summed E-state index contributed by atoms with van der Waals surface area (Å²) in [7, 11) is 0. The Bertz CT molecular complexity index is 173. The van der Waals surface area contributed by atoms with E-state index < -0.39 is 24.4 Å². The van der Waals surface area contributed by atoms with Crippen molar-refractivity contribution in [1.82, 2.24) is 0 Å². The molecule has 0 aromatic carbocycles. The molecule has 1 fully saturated rings. The molecular weight excluding hydrogens is 188 g/mol. The average Bonchev–Trinajstić information content (AvgIpc) is 2.13. The van der Waals surface area contributed by atoms with E-state index in [2.05, 4.69) is 0 Å². The minimum absolute atomic E-state index is 0.0321. The zero-order valence-corrected chi connectivity index (χ0v) is 8.46. The highest BCUT2D eigenvalue weighted by Crippen LogP contribution is 2.16. The van der Waals surface area contributed by atoms with Crippen LogP contribution in [0.25, 0.3) is 0 Å². The van der Waals surface area contributed by atoms with Crippen molar-refractivity contribution in [3.63, 3.8) is 0 Å². The fraction of sp³-hybridized carbons (Fsp3) is 1.00. The summed E-state index contributed by atoms with van der Waals surface area (Å²) in [6.07, 6.45) is -3.76. The summed E-state index contributed by atoms with van der Waals surface area (Å²) in [6.45, 7) is 4.01. The molecule has 1 heterocycles. The maximum absolute atomic E-state index is 9.51. The van der Waals surface area contributed by atoms with E-state index in [1.165, 1.54) is 0 Å². The smallest absolute Gasteiger partial charge is 0.111 e. The van der Waals surface area contributed by atoms with E-state index in [9.17, 15) is 10.2 Å². The summed E-state index contributed by atoms with van der Waals surface area (Å²) >= 11 is 0. The zero-order chi connectivity index (χ0) is 10.7. The first-order valence-electron chi connectivity index (χ1n) is 4.79. The average molecular weight is 206 g/mol. The number of aliphatic hydroxyl groups is 3. The molecule has 84 valence electrons. The summed E-state index contributed by atoms with van der Waals surface area (Å²) in [5.74, 6) is 0. The second-order valence-electron chi connectivity index (χ2n) is 3.80. The monoisotopic (exact) mass is 206 g/mol. The molecule has 0 saturated carbocycles. The van der Waals surface area contributed by atoms with Gasteiger partial charge in [-0.2, -0.15) is 0 Å². The van der Waals surface area contributed by atoms with Crippen LogP contribution in [0.1, 0.15) is 13.8 Å². The van der Waals surface area contributed by atoms with Crippen LogP contribution >= 0.6 is 0 Å². The van der Waals surface area contributed by atoms with Crippen LogP contribution in [0.15, 0.2) is 0 Å². The van der Waals surface area contributed by atoms with E-state index in [1.807, 2.05) is 13.8 Å². The Morgan fingerprint density at radius 3 is 2.50 bits per heavy atom. The molecule has 3 N–H and O–H groups in total. The SMILES string of the molecule is CC(C)OC[C@H]1OC[C@H](O)[C@@H](O)[C@@H]1O. The summed E-state index contributed by atoms with van der Waals surface area (Å²) < 4.78 is 10.4. The van der Waals surface area contributed by atoms with Crippen LogP contribution < -0.4 is 0 Å². The van der Waals surface area contributed by atoms with E-state index in [1.54, 1.807) is 0 Å². The van der Waals surface area contributed by atoms with Crippen LogP contribution in [0.3, 0.4) is 0 Å². The third-order valence-corrected chi connectivity index (χ3v) is 2.20. The lowest BCUT2D eigenvalue weighted by Gasteiger charge is -2.35. The van der Waals surface area contributed by atoms with Gasteiger partial charge in [0.1, 0.15) is 24.4 Å². The first kappa shape index (κ1) is 11.9. The zero-order valence-electron chi connectivity index (χ0n) is 8.46. The highest BCUT2D eigenvalue weighted by Gasteiger charge is 2.37. The number of hydrogen-bond acceptors (Lipinski definition) is 5. The van der Waals surface area contributed by atoms with Crippen LogP contribution in [0.4, 0.5) is 0 Å². The Morgan fingerprint density at radius 2 is 1.93 bits per heavy atom. The topological polar surface area (TPSA) is 79.2 Å². The van der Waals surface area contributed by atoms with Gasteiger partial charge in [0.25, 0.3) is 0 Å². The van der Waals surface area contributed by atoms with E-state index in [4.69, 9.17) is 14.6 Å². The predicted molar refractivity (Wildman–Crippen MR) is 48.8 cm³/mol. The number of rotatable bonds is 3. The molecular formula is C9H18O5. The van der Waals surface area contributed by atoms with Crippen molar-refractivity contribution in [3.8, 4) is 0 Å². The Labute approximate surface area is 83.3 Å². The molecule has 5 heteroatoms. The van der Waals surface area contributed by atoms with Crippen LogP contribution in [0.2, 0.25) is 0 Å². The van der Waals surface area contributed by atoms with Gasteiger partial charge in [-0.05, 0) is 13.8 Å². The molecule has 1 saturated heterocycles. The quantitative estimate of drug-likeness (QED) is 0.546. The minimum atomic E-state index is -1.15. The lowest BCUT2D eigenvalue weighted by atomic mass is 10.0. The lowest BCUT2D eigenvalue weighted by Crippen LogP contribution is -2.54. The highest BCUT2D eigenvalue weighted by molar-refractivity contribution is 4.86. The van der Waals surface area contributed by atoms with Gasteiger partial charge in [0.05, 0.1) is 19.3 Å². The standard InChI is InChI=1S/C9H18O5/c1-5(2)13-4-7-9(12)8(11)6(10)3-14-7/h5-12H,3-4H2,1-2H3/t6-,7+,8+,9+/m0/s1. The Morgan fingerprint density at radius 1 is 1.29 bits per heavy atom. The maximum Gasteiger partial charge on any atom is 0.111 e. The fourth-order valence-electron chi connectivity index (χ4n) is 1.30. The van der Waals surface area contributed by atoms with Gasteiger partial charge < -0.3 is 24.8 Å². The van der Waals surface area contributed by atoms with Crippen molar-refractivity contribution in [2.75, 3.05) is 13.2 Å². The molecule has 0 bridgehead atoms. The summed E-state index contributed by atoms with van der Waals surface area (Å²) in [5.41, 5.74) is 0. The largest absolute Gasteiger partial charge is 0.388 e. The van der Waals surface area contributed by atoms with Gasteiger partial charge in [-0.1, -0.05) is 0 Å². The molecule has 0 aromatic rings. The van der Waals surface area contributed by atoms with Crippen molar-refractivity contribution in [3.05, 3.63) is 0 Å². The predicted octanol–water partition coefficient (Wildman–Crippen LogP) is -1.11. The third kappa shape index (κ3) is 2.90. The summed E-state index contributed by atoms with van der Waals surface area (Å²) in [5, 5.41) is 28.0. The molecule has 1 aliphatic rings. The summed E-state index contributed by atoms with van der Waals surface area (Å²) in [6, 6.07) is 0. The van der Waals surface area contributed by atoms with Gasteiger partial charge in [0, 0.05) is 0 Å². The van der Waals surface area contributed by atoms with Crippen LogP contribution in [-0.4, -0.2) is 59.1 Å². The van der Waals surface area contributed by atoms with Gasteiger partial charge >= 0.3 is 0 Å². The van der Waals surface area contributed by atoms with Crippen molar-refractivity contribution in [2.45, 2.75) is 44.4 Å². The van der Waals surface area contributed by atoms with Crippen molar-refractivity contribution < 1.29 is 24.8 Å². The second-order valence-corrected chi connectivity index (χ2v) is 3.80. The molecule has 0 aromatic heterocycles. The minimum Gasteiger partial charge on any atom is -0.388 e. The van der Waals surface area contributed by atoms with Crippen molar-refractivity contribution in [2.24, 2.45) is 0 Å². The first-order chi connectivity index (χ1) is 6.52. The first-order valence-corrected chi connectivity index (χ1v) is 4.79. The molecule has 0 radical (unpaired) electrons. The molecule has 0 aliphatic carbocycles. The molecule has 5 nitrogen and oxygen atoms in total. The van der Waals surface area contributed by atoms with E-state index >= 15 is 0 Å². The number of hydrogen-bond donors (Lipinski definition) is 3. The second kappa shape index (κ2) is 5.04. The number of aliphatic hydroxyl groups excluding tert-OH is 3. The summed E-state index contributed by atoms with van der Waals surface area (Å²) in [4.78, 5) is 0. The Balaban J connectivity index is 2.39. The van der Waals surface area contributed by atoms with Gasteiger partial charge in [-0.15, -0.1) is 0 Å². The molecule has 1 aliphatic heterocycles. The van der Waals surface area contributed by atoms with Crippen LogP contribution in [0, 0.1) is 0 Å². The van der Waals surface area contributed by atoms with E-state index in [-0.39, 0.29) is 19.3 Å². The van der Waals surface area contributed by atoms with Gasteiger partial charge in [0.2, 0.25) is 0 Å². The lowest BCUT2D eigenvalue weighted by molar-refractivity contribution is -0.202. The molecule has 4 atom stereocenters. The van der Waals surface area contributed by atoms with Crippen LogP contribution in [0.5, 0.6) is 0 Å². The molecule has 1 rings (SSSR count). The maximum atomic E-state index is 9.51. The molecule has 0 amide bonds. The van der Waals surface area contributed by atoms with Gasteiger partial charge in [-0.3, -0.25) is 0 Å². The van der Waals surface area contributed by atoms with E-state index in [0.29, 0.717) is 0 Å². The third-order valence-electron chi connectivity index (χ3n) is 2.20. The van der Waals surface area contributed by atoms with Gasteiger partial charge in [0.15, 0.2) is 0 Å². The Hall–Kier alpha value is -0.200. The van der Waals surface area contributed by atoms with Crippen LogP contribution in [-0.2, 0) is 9.47 Å². The normalized spacial score (nSPS) is 39.0. The molecule has 0 spiro atoms. The molecule has 0 unspecified atom stereocenters. The number of ether oxygens (including phenoxy) is 2. The fourth-order valence-corrected chi connectivity index (χ4v) is 1.30. The highest BCUT2D eigenvalue weighted by atomic mass is 16.6. The van der Waals surface area contributed by atoms with Crippen molar-refractivity contribution in [1.29, 1.82) is 0 Å². The van der Waals surface area contributed by atoms with Gasteiger partial charge in [-0.25, -0.2) is 0 Å². The molecule has 14 heavy (non-hydrogen) atoms. The van der Waals surface area contributed by atoms with Crippen molar-refractivity contribution >= 4 is 0 Å². The Kier molecular flexibility index (Phi) is 4.28.